The van der Waals surface area contributed by atoms with Crippen LogP contribution in [0.15, 0.2) is 48.5 Å². The van der Waals surface area contributed by atoms with Crippen LogP contribution in [0.4, 0.5) is 5.69 Å². The van der Waals surface area contributed by atoms with Crippen molar-refractivity contribution < 1.29 is 13.2 Å². The van der Waals surface area contributed by atoms with Gasteiger partial charge in [0.2, 0.25) is 10.0 Å². The number of hydrogen-bond donors (Lipinski definition) is 0. The van der Waals surface area contributed by atoms with Crippen LogP contribution in [0.25, 0.3) is 0 Å². The molecule has 1 aliphatic rings. The summed E-state index contributed by atoms with van der Waals surface area (Å²) in [7, 11) is -3.48. The highest BCUT2D eigenvalue weighted by Gasteiger charge is 2.20. The van der Waals surface area contributed by atoms with Crippen LogP contribution >= 0.6 is 11.6 Å². The molecule has 2 aromatic rings. The third kappa shape index (κ3) is 5.26. The van der Waals surface area contributed by atoms with Gasteiger partial charge in [0, 0.05) is 23.7 Å². The normalized spacial score (nSPS) is 15.1. The molecule has 0 radical (unpaired) electrons. The van der Waals surface area contributed by atoms with Crippen LogP contribution < -0.4 is 4.31 Å². The van der Waals surface area contributed by atoms with Crippen LogP contribution in [0, 0.1) is 0 Å². The molecule has 150 valence electrons. The first-order valence-electron chi connectivity index (χ1n) is 9.46. The number of carbonyl (C=O) groups is 1. The summed E-state index contributed by atoms with van der Waals surface area (Å²) >= 11 is 5.91. The highest BCUT2D eigenvalue weighted by molar-refractivity contribution is 7.92. The van der Waals surface area contributed by atoms with Gasteiger partial charge in [-0.25, -0.2) is 8.42 Å². The molecule has 1 saturated heterocycles. The van der Waals surface area contributed by atoms with Crippen LogP contribution in [-0.2, 0) is 16.6 Å². The Bertz CT molecular complexity index is 904. The van der Waals surface area contributed by atoms with E-state index in [4.69, 9.17) is 11.6 Å². The summed E-state index contributed by atoms with van der Waals surface area (Å²) in [4.78, 5) is 14.6. The molecule has 1 aliphatic heterocycles. The fourth-order valence-corrected chi connectivity index (χ4v) is 4.40. The Kier molecular flexibility index (Phi) is 6.62. The number of nitrogens with zero attached hydrogens (tertiary/aromatic N) is 2. The maximum Gasteiger partial charge on any atom is 0.253 e. The monoisotopic (exact) mass is 420 g/mol. The lowest BCUT2D eigenvalue weighted by Crippen LogP contribution is -2.32. The fourth-order valence-electron chi connectivity index (χ4n) is 3.38. The molecule has 0 N–H and O–H groups in total. The van der Waals surface area contributed by atoms with Gasteiger partial charge in [0.25, 0.3) is 5.91 Å². The molecule has 0 bridgehead atoms. The van der Waals surface area contributed by atoms with E-state index in [1.807, 2.05) is 4.90 Å². The topological polar surface area (TPSA) is 57.7 Å². The van der Waals surface area contributed by atoms with Crippen LogP contribution in [-0.4, -0.2) is 38.6 Å². The van der Waals surface area contributed by atoms with E-state index in [1.54, 1.807) is 48.5 Å². The first kappa shape index (κ1) is 20.7. The van der Waals surface area contributed by atoms with Gasteiger partial charge in [-0.3, -0.25) is 9.10 Å². The smallest absolute Gasteiger partial charge is 0.253 e. The molecule has 0 atom stereocenters. The van der Waals surface area contributed by atoms with Crippen molar-refractivity contribution >= 4 is 33.2 Å². The standard InChI is InChI=1S/C21H25ClN2O3S/c1-28(26,27)24(16-17-6-10-19(22)11-7-17)20-12-8-18(9-13-20)21(25)23-14-4-2-3-5-15-23/h6-13H,2-5,14-16H2,1H3. The van der Waals surface area contributed by atoms with Gasteiger partial charge in [-0.15, -0.1) is 0 Å². The van der Waals surface area contributed by atoms with Crippen LogP contribution in [0.2, 0.25) is 5.02 Å². The third-order valence-corrected chi connectivity index (χ3v) is 6.33. The number of amides is 1. The Hall–Kier alpha value is -2.05. The van der Waals surface area contributed by atoms with Gasteiger partial charge < -0.3 is 4.90 Å². The maximum absolute atomic E-state index is 12.7. The molecule has 0 unspecified atom stereocenters. The summed E-state index contributed by atoms with van der Waals surface area (Å²) in [6, 6.07) is 13.9. The predicted octanol–water partition coefficient (Wildman–Crippen LogP) is 4.32. The predicted molar refractivity (Wildman–Crippen MR) is 113 cm³/mol. The van der Waals surface area contributed by atoms with E-state index < -0.39 is 10.0 Å². The molecule has 0 saturated carbocycles. The lowest BCUT2D eigenvalue weighted by atomic mass is 10.1. The van der Waals surface area contributed by atoms with Crippen LogP contribution in [0.1, 0.15) is 41.6 Å². The lowest BCUT2D eigenvalue weighted by Gasteiger charge is -2.24. The van der Waals surface area contributed by atoms with Gasteiger partial charge >= 0.3 is 0 Å². The Balaban J connectivity index is 1.80. The van der Waals surface area contributed by atoms with Crippen molar-refractivity contribution in [1.29, 1.82) is 0 Å². The lowest BCUT2D eigenvalue weighted by molar-refractivity contribution is 0.0761. The van der Waals surface area contributed by atoms with Gasteiger partial charge in [-0.2, -0.15) is 0 Å². The van der Waals surface area contributed by atoms with Crippen molar-refractivity contribution in [1.82, 2.24) is 4.90 Å². The Morgan fingerprint density at radius 1 is 0.964 bits per heavy atom. The number of likely N-dealkylation sites (tertiary alicyclic amines) is 1. The molecule has 7 heteroatoms. The van der Waals surface area contributed by atoms with Crippen molar-refractivity contribution in [3.05, 3.63) is 64.7 Å². The summed E-state index contributed by atoms with van der Waals surface area (Å²) in [6.07, 6.45) is 5.58. The Morgan fingerprint density at radius 2 is 1.54 bits per heavy atom. The summed E-state index contributed by atoms with van der Waals surface area (Å²) in [5.41, 5.74) is 1.95. The average molecular weight is 421 g/mol. The van der Waals surface area contributed by atoms with E-state index in [0.29, 0.717) is 16.3 Å². The molecule has 5 nitrogen and oxygen atoms in total. The number of anilines is 1. The van der Waals surface area contributed by atoms with E-state index in [-0.39, 0.29) is 12.5 Å². The van der Waals surface area contributed by atoms with Gasteiger partial charge in [-0.05, 0) is 54.8 Å². The number of halogens is 1. The molecular formula is C21H25ClN2O3S. The molecule has 0 aromatic heterocycles. The second-order valence-corrected chi connectivity index (χ2v) is 9.49. The fraction of sp³-hybridized carbons (Fsp3) is 0.381. The number of sulfonamides is 1. The van der Waals surface area contributed by atoms with Gasteiger partial charge in [0.05, 0.1) is 18.5 Å². The largest absolute Gasteiger partial charge is 0.339 e. The van der Waals surface area contributed by atoms with Crippen molar-refractivity contribution in [3.8, 4) is 0 Å². The molecule has 28 heavy (non-hydrogen) atoms. The first-order chi connectivity index (χ1) is 13.3. The zero-order valence-corrected chi connectivity index (χ0v) is 17.5. The molecule has 3 rings (SSSR count). The molecule has 1 amide bonds. The van der Waals surface area contributed by atoms with E-state index in [2.05, 4.69) is 0 Å². The number of carbonyl (C=O) groups excluding carboxylic acids is 1. The van der Waals surface area contributed by atoms with Gasteiger partial charge in [0.1, 0.15) is 0 Å². The quantitative estimate of drug-likeness (QED) is 0.723. The third-order valence-electron chi connectivity index (χ3n) is 4.94. The highest BCUT2D eigenvalue weighted by Crippen LogP contribution is 2.23. The Morgan fingerprint density at radius 3 is 2.07 bits per heavy atom. The van der Waals surface area contributed by atoms with E-state index >= 15 is 0 Å². The first-order valence-corrected chi connectivity index (χ1v) is 11.7. The zero-order chi connectivity index (χ0) is 20.1. The molecule has 0 spiro atoms. The van der Waals surface area contributed by atoms with Crippen molar-refractivity contribution in [2.75, 3.05) is 23.7 Å². The van der Waals surface area contributed by atoms with Crippen molar-refractivity contribution in [2.45, 2.75) is 32.2 Å². The molecule has 2 aromatic carbocycles. The van der Waals surface area contributed by atoms with Crippen LogP contribution in [0.5, 0.6) is 0 Å². The molecule has 1 heterocycles. The summed E-state index contributed by atoms with van der Waals surface area (Å²) < 4.78 is 26.0. The Labute approximate surface area is 172 Å². The second-order valence-electron chi connectivity index (χ2n) is 7.15. The highest BCUT2D eigenvalue weighted by atomic mass is 35.5. The SMILES string of the molecule is CS(=O)(=O)N(Cc1ccc(Cl)cc1)c1ccc(C(=O)N2CCCCCC2)cc1. The number of rotatable bonds is 5. The summed E-state index contributed by atoms with van der Waals surface area (Å²) in [6.45, 7) is 1.77. The van der Waals surface area contributed by atoms with Gasteiger partial charge in [0.15, 0.2) is 0 Å². The maximum atomic E-state index is 12.7. The number of hydrogen-bond acceptors (Lipinski definition) is 3. The second kappa shape index (κ2) is 8.97. The summed E-state index contributed by atoms with van der Waals surface area (Å²) in [5, 5.41) is 0.603. The van der Waals surface area contributed by atoms with Crippen molar-refractivity contribution in [3.63, 3.8) is 0 Å². The minimum atomic E-state index is -3.48. The van der Waals surface area contributed by atoms with E-state index in [0.717, 1.165) is 44.3 Å². The van der Waals surface area contributed by atoms with E-state index in [1.165, 1.54) is 10.6 Å². The minimum Gasteiger partial charge on any atom is -0.339 e. The van der Waals surface area contributed by atoms with E-state index in [9.17, 15) is 13.2 Å². The number of benzene rings is 2. The minimum absolute atomic E-state index is 0.0112. The van der Waals surface area contributed by atoms with Crippen LogP contribution in [0.3, 0.4) is 0 Å². The zero-order valence-electron chi connectivity index (χ0n) is 16.0. The van der Waals surface area contributed by atoms with Gasteiger partial charge in [-0.1, -0.05) is 36.6 Å². The molecule has 0 aliphatic carbocycles. The molecule has 1 fully saturated rings. The molecular weight excluding hydrogens is 396 g/mol. The average Bonchev–Trinajstić information content (AvgIpc) is 2.96. The van der Waals surface area contributed by atoms with Crippen molar-refractivity contribution in [2.24, 2.45) is 0 Å². The summed E-state index contributed by atoms with van der Waals surface area (Å²) in [5.74, 6) is 0.0112.